The van der Waals surface area contributed by atoms with Crippen LogP contribution in [0.25, 0.3) is 0 Å². The Labute approximate surface area is 170 Å². The Morgan fingerprint density at radius 3 is 2.26 bits per heavy atom. The number of hydrogen-bond acceptors (Lipinski definition) is 12. The zero-order chi connectivity index (χ0) is 23.8. The van der Waals surface area contributed by atoms with Crippen molar-refractivity contribution in [3.8, 4) is 6.19 Å². The lowest BCUT2D eigenvalue weighted by Gasteiger charge is -2.19. The van der Waals surface area contributed by atoms with Gasteiger partial charge in [0.1, 0.15) is 24.4 Å². The maximum atomic E-state index is 11.9. The zero-order valence-corrected chi connectivity index (χ0v) is 17.4. The predicted molar refractivity (Wildman–Crippen MR) is 91.8 cm³/mol. The second kappa shape index (κ2) is 9.14. The molecule has 2 heterocycles. The number of rotatable bonds is 8. The summed E-state index contributed by atoms with van der Waals surface area (Å²) in [6.07, 6.45) is -4.85. The Morgan fingerprint density at radius 2 is 1.71 bits per heavy atom. The van der Waals surface area contributed by atoms with Crippen molar-refractivity contribution in [1.82, 2.24) is 9.55 Å². The van der Waals surface area contributed by atoms with Crippen molar-refractivity contribution in [2.75, 3.05) is 6.61 Å². The van der Waals surface area contributed by atoms with E-state index in [4.69, 9.17) is 24.7 Å². The highest BCUT2D eigenvalue weighted by atomic mass is 31.3. The molecule has 7 N–H and O–H groups in total. The number of phosphoric acid groups is 3. The number of aliphatic hydroxyl groups is 2. The molecule has 31 heavy (non-hydrogen) atoms. The molecule has 0 aromatic carbocycles. The van der Waals surface area contributed by atoms with Crippen LogP contribution in [0, 0.1) is 11.5 Å². The SMILES string of the molecule is N#Cn1cc([C@@H]2O[C@H](COP(=O)(O)OP(=O)(O)OP(=O)(O)O)C(O)C2O)c(=O)[nH]c1=O. The van der Waals surface area contributed by atoms with Crippen molar-refractivity contribution < 1.29 is 61.4 Å². The van der Waals surface area contributed by atoms with Gasteiger partial charge in [0.15, 0.2) is 6.19 Å². The maximum Gasteiger partial charge on any atom is 0.490 e. The largest absolute Gasteiger partial charge is 0.490 e. The normalized spacial score (nSPS) is 27.9. The predicted octanol–water partition coefficient (Wildman–Crippen LogP) is -2.63. The summed E-state index contributed by atoms with van der Waals surface area (Å²) in [5.74, 6) is 0. The van der Waals surface area contributed by atoms with Gasteiger partial charge in [-0.1, -0.05) is 0 Å². The van der Waals surface area contributed by atoms with E-state index in [1.807, 2.05) is 0 Å². The van der Waals surface area contributed by atoms with Crippen LogP contribution in [0.15, 0.2) is 15.8 Å². The summed E-state index contributed by atoms with van der Waals surface area (Å²) in [5.41, 5.74) is -2.62. The summed E-state index contributed by atoms with van der Waals surface area (Å²) in [5, 5.41) is 28.9. The lowest BCUT2D eigenvalue weighted by atomic mass is 10.0. The van der Waals surface area contributed by atoms with Gasteiger partial charge in [0.25, 0.3) is 5.56 Å². The Morgan fingerprint density at radius 1 is 1.10 bits per heavy atom. The van der Waals surface area contributed by atoms with Crippen LogP contribution in [-0.4, -0.2) is 64.3 Å². The monoisotopic (exact) mass is 509 g/mol. The molecule has 174 valence electrons. The molecule has 1 aliphatic heterocycles. The lowest BCUT2D eigenvalue weighted by molar-refractivity contribution is -0.0228. The Balaban J connectivity index is 2.13. The summed E-state index contributed by atoms with van der Waals surface area (Å²) in [7, 11) is -16.9. The fourth-order valence-corrected chi connectivity index (χ4v) is 5.41. The Kier molecular flexibility index (Phi) is 7.58. The van der Waals surface area contributed by atoms with E-state index in [2.05, 4.69) is 13.1 Å². The van der Waals surface area contributed by atoms with Gasteiger partial charge in [-0.15, -0.1) is 0 Å². The quantitative estimate of drug-likeness (QED) is 0.176. The molecule has 1 aliphatic rings. The number of H-pyrrole nitrogens is 1. The molecule has 4 unspecified atom stereocenters. The van der Waals surface area contributed by atoms with Crippen molar-refractivity contribution in [2.24, 2.45) is 0 Å². The van der Waals surface area contributed by atoms with Crippen molar-refractivity contribution in [1.29, 1.82) is 5.26 Å². The highest BCUT2D eigenvalue weighted by Crippen LogP contribution is 2.66. The minimum atomic E-state index is -5.77. The molecule has 6 atom stereocenters. The average Bonchev–Trinajstić information content (AvgIpc) is 2.85. The smallest absolute Gasteiger partial charge is 0.387 e. The molecule has 1 aromatic heterocycles. The van der Waals surface area contributed by atoms with E-state index in [1.165, 1.54) is 6.19 Å². The first-order chi connectivity index (χ1) is 14.1. The Hall–Kier alpha value is -1.54. The molecule has 0 bridgehead atoms. The van der Waals surface area contributed by atoms with E-state index >= 15 is 0 Å². The van der Waals surface area contributed by atoms with E-state index < -0.39 is 71.3 Å². The van der Waals surface area contributed by atoms with Gasteiger partial charge in [0, 0.05) is 6.20 Å². The van der Waals surface area contributed by atoms with E-state index in [9.17, 15) is 38.4 Å². The van der Waals surface area contributed by atoms with E-state index in [-0.39, 0.29) is 0 Å². The van der Waals surface area contributed by atoms with Crippen LogP contribution in [0.5, 0.6) is 0 Å². The lowest BCUT2D eigenvalue weighted by Crippen LogP contribution is -2.35. The first-order valence-corrected chi connectivity index (χ1v) is 12.1. The first kappa shape index (κ1) is 25.7. The van der Waals surface area contributed by atoms with E-state index in [0.717, 1.165) is 6.20 Å². The van der Waals surface area contributed by atoms with E-state index in [0.29, 0.717) is 4.57 Å². The molecule has 1 fully saturated rings. The average molecular weight is 509 g/mol. The number of aromatic nitrogens is 2. The van der Waals surface area contributed by atoms with Crippen LogP contribution < -0.4 is 11.2 Å². The number of aliphatic hydroxyl groups excluding tert-OH is 2. The number of nitriles is 1. The van der Waals surface area contributed by atoms with Crippen LogP contribution in [-0.2, 0) is 31.6 Å². The van der Waals surface area contributed by atoms with Crippen LogP contribution in [0.4, 0.5) is 0 Å². The summed E-state index contributed by atoms with van der Waals surface area (Å²) in [6, 6.07) is 0. The highest BCUT2D eigenvalue weighted by molar-refractivity contribution is 7.66. The minimum absolute atomic E-state index is 0.387. The molecule has 0 radical (unpaired) electrons. The summed E-state index contributed by atoms with van der Waals surface area (Å²) in [4.78, 5) is 60.4. The molecule has 0 spiro atoms. The standard InChI is InChI=1S/C10H14N3O15P3/c11-3-13-1-4(9(16)12-10(13)17)8-7(15)6(14)5(26-8)2-25-30(21,22)28-31(23,24)27-29(18,19)20/h1,5-8,14-15H,2H2,(H,21,22)(H,23,24)(H,12,16,17)(H2,18,19,20)/t5-,6?,7?,8+/m1/s1. The Bertz CT molecular complexity index is 1130. The van der Waals surface area contributed by atoms with Gasteiger partial charge in [-0.25, -0.2) is 23.1 Å². The molecular weight excluding hydrogens is 495 g/mol. The van der Waals surface area contributed by atoms with Crippen molar-refractivity contribution in [2.45, 2.75) is 24.4 Å². The maximum absolute atomic E-state index is 11.9. The third-order valence-corrected chi connectivity index (χ3v) is 7.37. The topological polar surface area (TPSA) is 288 Å². The van der Waals surface area contributed by atoms with Gasteiger partial charge < -0.3 is 34.5 Å². The molecule has 0 amide bonds. The molecular formula is C10H14N3O15P3. The van der Waals surface area contributed by atoms with Crippen LogP contribution >= 0.6 is 23.5 Å². The van der Waals surface area contributed by atoms with Gasteiger partial charge in [-0.2, -0.15) is 13.9 Å². The molecule has 1 aromatic rings. The molecule has 1 saturated heterocycles. The third-order valence-electron chi connectivity index (χ3n) is 3.56. The zero-order valence-electron chi connectivity index (χ0n) is 14.7. The number of hydrogen-bond donors (Lipinski definition) is 7. The number of ether oxygens (including phenoxy) is 1. The fraction of sp³-hybridized carbons (Fsp3) is 0.500. The molecule has 18 nitrogen and oxygen atoms in total. The minimum Gasteiger partial charge on any atom is -0.387 e. The van der Waals surface area contributed by atoms with Gasteiger partial charge in [0.05, 0.1) is 12.2 Å². The number of nitrogens with zero attached hydrogens (tertiary/aromatic N) is 2. The summed E-state index contributed by atoms with van der Waals surface area (Å²) >= 11 is 0. The van der Waals surface area contributed by atoms with Gasteiger partial charge in [-0.05, 0) is 0 Å². The molecule has 21 heteroatoms. The number of aromatic amines is 1. The van der Waals surface area contributed by atoms with Crippen LogP contribution in [0.3, 0.4) is 0 Å². The van der Waals surface area contributed by atoms with E-state index in [1.54, 1.807) is 4.98 Å². The molecule has 2 rings (SSSR count). The van der Waals surface area contributed by atoms with Crippen molar-refractivity contribution >= 4 is 23.5 Å². The van der Waals surface area contributed by atoms with Gasteiger partial charge >= 0.3 is 29.2 Å². The summed E-state index contributed by atoms with van der Waals surface area (Å²) in [6.45, 7) is -1.10. The first-order valence-electron chi connectivity index (χ1n) is 7.61. The van der Waals surface area contributed by atoms with Gasteiger partial charge in [-0.3, -0.25) is 14.3 Å². The van der Waals surface area contributed by atoms with Crippen LogP contribution in [0.1, 0.15) is 11.7 Å². The highest BCUT2D eigenvalue weighted by Gasteiger charge is 2.47. The number of phosphoric ester groups is 1. The molecule has 0 saturated carbocycles. The van der Waals surface area contributed by atoms with Gasteiger partial charge in [0.2, 0.25) is 0 Å². The second-order valence-corrected chi connectivity index (χ2v) is 10.2. The third kappa shape index (κ3) is 6.72. The number of nitrogens with one attached hydrogen (secondary N) is 1. The summed E-state index contributed by atoms with van der Waals surface area (Å²) < 4.78 is 50.4. The van der Waals surface area contributed by atoms with Crippen molar-refractivity contribution in [3.05, 3.63) is 32.6 Å². The second-order valence-electron chi connectivity index (χ2n) is 5.78. The van der Waals surface area contributed by atoms with Crippen molar-refractivity contribution in [3.63, 3.8) is 0 Å². The molecule has 0 aliphatic carbocycles. The van der Waals surface area contributed by atoms with Crippen LogP contribution in [0.2, 0.25) is 0 Å². The fourth-order valence-electron chi connectivity index (χ4n) is 2.38.